The Balaban J connectivity index is 0.000000710. The van der Waals surface area contributed by atoms with Crippen molar-refractivity contribution in [2.75, 3.05) is 6.61 Å². The molecule has 30 heavy (non-hydrogen) atoms. The lowest BCUT2D eigenvalue weighted by atomic mass is 10.0. The Kier molecular flexibility index (Phi) is 15.7. The Morgan fingerprint density at radius 2 is 1.43 bits per heavy atom. The van der Waals surface area contributed by atoms with Crippen LogP contribution in [0.5, 0.6) is 0 Å². The van der Waals surface area contributed by atoms with Gasteiger partial charge in [0.05, 0.1) is 27.8 Å². The third-order valence-electron chi connectivity index (χ3n) is 3.90. The van der Waals surface area contributed by atoms with Gasteiger partial charge in [-0.05, 0) is 24.5 Å². The largest absolute Gasteiger partial charge is 0.478 e. The molecule has 0 saturated heterocycles. The molecular weight excluding hydrogens is 517 g/mol. The molecule has 1 N–H and O–H groups in total. The van der Waals surface area contributed by atoms with E-state index in [0.717, 1.165) is 25.7 Å². The molecule has 4 nitrogen and oxygen atoms in total. The van der Waals surface area contributed by atoms with Gasteiger partial charge in [0.15, 0.2) is 0 Å². The van der Waals surface area contributed by atoms with E-state index in [9.17, 15) is 9.59 Å². The van der Waals surface area contributed by atoms with Gasteiger partial charge in [0.1, 0.15) is 8.98 Å². The molecule has 0 fully saturated rings. The lowest BCUT2D eigenvalue weighted by Gasteiger charge is -2.15. The minimum Gasteiger partial charge on any atom is -0.478 e. The van der Waals surface area contributed by atoms with Gasteiger partial charge in [-0.15, -0.1) is 0 Å². The number of esters is 1. The first kappa shape index (κ1) is 29.4. The fourth-order valence-electron chi connectivity index (χ4n) is 2.18. The zero-order chi connectivity index (χ0) is 23.3. The van der Waals surface area contributed by atoms with Crippen LogP contribution < -0.4 is 0 Å². The number of carboxylic acids is 1. The van der Waals surface area contributed by atoms with Crippen molar-refractivity contribution in [1.29, 1.82) is 0 Å². The summed E-state index contributed by atoms with van der Waals surface area (Å²) in [6.07, 6.45) is 4.21. The molecule has 1 aromatic rings. The van der Waals surface area contributed by atoms with Crippen LogP contribution in [-0.2, 0) is 4.74 Å². The summed E-state index contributed by atoms with van der Waals surface area (Å²) < 4.78 is 4.92. The number of halogens is 6. The van der Waals surface area contributed by atoms with Gasteiger partial charge >= 0.3 is 11.9 Å². The number of hydrogen-bond donors (Lipinski definition) is 1. The van der Waals surface area contributed by atoms with Gasteiger partial charge in [-0.3, -0.25) is 0 Å². The van der Waals surface area contributed by atoms with Crippen molar-refractivity contribution in [2.24, 2.45) is 5.92 Å². The van der Waals surface area contributed by atoms with Crippen LogP contribution in [0, 0.1) is 5.92 Å². The summed E-state index contributed by atoms with van der Waals surface area (Å²) >= 11 is 31.8. The van der Waals surface area contributed by atoms with Crippen molar-refractivity contribution in [3.05, 3.63) is 54.4 Å². The van der Waals surface area contributed by atoms with Crippen LogP contribution in [0.4, 0.5) is 0 Å². The predicted molar refractivity (Wildman–Crippen MR) is 126 cm³/mol. The SMILES string of the molecule is CCCCC(CC)COC(=O)c1ccccc1C(=O)O.ClC(Cl)=C(Cl)C(Cl)=C(Cl)Cl. The molecule has 1 atom stereocenters. The van der Waals surface area contributed by atoms with E-state index in [0.29, 0.717) is 12.5 Å². The lowest BCUT2D eigenvalue weighted by molar-refractivity contribution is 0.0420. The third kappa shape index (κ3) is 11.1. The summed E-state index contributed by atoms with van der Waals surface area (Å²) in [5.41, 5.74) is 0.101. The Labute approximate surface area is 206 Å². The molecule has 10 heteroatoms. The fourth-order valence-corrected chi connectivity index (χ4v) is 2.94. The normalized spacial score (nSPS) is 10.9. The van der Waals surface area contributed by atoms with Crippen molar-refractivity contribution >= 4 is 81.5 Å². The lowest BCUT2D eigenvalue weighted by Crippen LogP contribution is -2.16. The number of aromatic carboxylic acids is 1. The van der Waals surface area contributed by atoms with Gasteiger partial charge in [0.2, 0.25) is 0 Å². The third-order valence-corrected chi connectivity index (χ3v) is 5.89. The Morgan fingerprint density at radius 3 is 1.83 bits per heavy atom. The summed E-state index contributed by atoms with van der Waals surface area (Å²) in [5, 5.41) is 8.92. The molecule has 1 unspecified atom stereocenters. The highest BCUT2D eigenvalue weighted by Crippen LogP contribution is 2.32. The predicted octanol–water partition coefficient (Wildman–Crippen LogP) is 8.52. The van der Waals surface area contributed by atoms with Crippen molar-refractivity contribution < 1.29 is 19.4 Å². The smallest absolute Gasteiger partial charge is 0.339 e. The topological polar surface area (TPSA) is 63.6 Å². The standard InChI is InChI=1S/C16H22O4.C4Cl6/c1-3-5-8-12(4-2)11-20-16(19)14-10-7-6-9-13(14)15(17)18;5-1(3(7)8)2(6)4(9)10/h6-7,9-10,12H,3-5,8,11H2,1-2H3,(H,17,18);. The van der Waals surface area contributed by atoms with Gasteiger partial charge in [0, 0.05) is 0 Å². The van der Waals surface area contributed by atoms with Crippen LogP contribution in [0.1, 0.15) is 60.2 Å². The highest BCUT2D eigenvalue weighted by molar-refractivity contribution is 6.65. The summed E-state index contributed by atoms with van der Waals surface area (Å²) in [7, 11) is 0. The first-order valence-electron chi connectivity index (χ1n) is 8.97. The Morgan fingerprint density at radius 1 is 0.933 bits per heavy atom. The van der Waals surface area contributed by atoms with Crippen LogP contribution in [-0.4, -0.2) is 23.7 Å². The number of carboxylic acid groups (broad SMARTS) is 1. The summed E-state index contributed by atoms with van der Waals surface area (Å²) in [5.74, 6) is -1.33. The second-order valence-electron chi connectivity index (χ2n) is 6.01. The van der Waals surface area contributed by atoms with E-state index in [1.165, 1.54) is 12.1 Å². The molecular formula is C20H22Cl6O4. The zero-order valence-corrected chi connectivity index (χ0v) is 20.9. The highest BCUT2D eigenvalue weighted by atomic mass is 35.5. The number of carbonyl (C=O) groups excluding carboxylic acids is 1. The molecule has 0 heterocycles. The average Bonchev–Trinajstić information content (AvgIpc) is 2.72. The van der Waals surface area contributed by atoms with E-state index in [4.69, 9.17) is 79.4 Å². The molecule has 0 amide bonds. The van der Waals surface area contributed by atoms with Crippen molar-refractivity contribution in [1.82, 2.24) is 0 Å². The fraction of sp³-hybridized carbons (Fsp3) is 0.400. The van der Waals surface area contributed by atoms with Gasteiger partial charge in [-0.2, -0.15) is 0 Å². The van der Waals surface area contributed by atoms with Crippen LogP contribution >= 0.6 is 69.6 Å². The van der Waals surface area contributed by atoms with Crippen LogP contribution in [0.25, 0.3) is 0 Å². The van der Waals surface area contributed by atoms with Gasteiger partial charge in [-0.1, -0.05) is 115 Å². The number of benzene rings is 1. The Hall–Kier alpha value is -0.620. The number of carbonyl (C=O) groups is 2. The molecule has 1 aromatic carbocycles. The maximum Gasteiger partial charge on any atom is 0.339 e. The maximum atomic E-state index is 12.0. The molecule has 1 rings (SSSR count). The number of ether oxygens (including phenoxy) is 1. The molecule has 0 radical (unpaired) electrons. The number of hydrogen-bond acceptors (Lipinski definition) is 3. The monoisotopic (exact) mass is 536 g/mol. The summed E-state index contributed by atoms with van der Waals surface area (Å²) in [6, 6.07) is 6.12. The molecule has 0 aliphatic rings. The summed E-state index contributed by atoms with van der Waals surface area (Å²) in [6.45, 7) is 4.55. The Bertz CT molecular complexity index is 746. The van der Waals surface area contributed by atoms with Crippen LogP contribution in [0.2, 0.25) is 0 Å². The van der Waals surface area contributed by atoms with E-state index in [-0.39, 0.29) is 30.2 Å². The first-order valence-corrected chi connectivity index (χ1v) is 11.2. The highest BCUT2D eigenvalue weighted by Gasteiger charge is 2.18. The van der Waals surface area contributed by atoms with Crippen molar-refractivity contribution in [3.63, 3.8) is 0 Å². The molecule has 0 aromatic heterocycles. The van der Waals surface area contributed by atoms with Crippen LogP contribution in [0.3, 0.4) is 0 Å². The minimum absolute atomic E-state index is 0.0147. The molecule has 0 bridgehead atoms. The van der Waals surface area contributed by atoms with Gasteiger partial charge in [0.25, 0.3) is 0 Å². The second kappa shape index (κ2) is 16.1. The van der Waals surface area contributed by atoms with E-state index in [2.05, 4.69) is 13.8 Å². The quantitative estimate of drug-likeness (QED) is 0.253. The van der Waals surface area contributed by atoms with Crippen LogP contribution in [0.15, 0.2) is 43.3 Å². The molecule has 0 aliphatic heterocycles. The molecule has 0 saturated carbocycles. The molecule has 0 spiro atoms. The average molecular weight is 539 g/mol. The van der Waals surface area contributed by atoms with Crippen molar-refractivity contribution in [3.8, 4) is 0 Å². The number of unbranched alkanes of at least 4 members (excludes halogenated alkanes) is 1. The minimum atomic E-state index is -1.12. The van der Waals surface area contributed by atoms with E-state index in [1.54, 1.807) is 12.1 Å². The summed E-state index contributed by atoms with van der Waals surface area (Å²) in [4.78, 5) is 23.0. The van der Waals surface area contributed by atoms with E-state index < -0.39 is 11.9 Å². The van der Waals surface area contributed by atoms with Gasteiger partial charge < -0.3 is 9.84 Å². The van der Waals surface area contributed by atoms with E-state index >= 15 is 0 Å². The van der Waals surface area contributed by atoms with E-state index in [1.807, 2.05) is 0 Å². The molecule has 0 aliphatic carbocycles. The molecule has 168 valence electrons. The number of rotatable bonds is 9. The second-order valence-corrected chi connectivity index (χ2v) is 8.67. The maximum absolute atomic E-state index is 12.0. The van der Waals surface area contributed by atoms with Gasteiger partial charge in [-0.25, -0.2) is 9.59 Å². The first-order chi connectivity index (χ1) is 14.1. The van der Waals surface area contributed by atoms with Crippen molar-refractivity contribution in [2.45, 2.75) is 39.5 Å². The zero-order valence-electron chi connectivity index (χ0n) is 16.4. The number of allylic oxidation sites excluding steroid dienone is 2.